The molecule has 618 valence electrons. The van der Waals surface area contributed by atoms with Gasteiger partial charge >= 0.3 is 39.5 Å². The Morgan fingerprint density at radius 3 is 0.818 bits per heavy atom. The van der Waals surface area contributed by atoms with Crippen molar-refractivity contribution < 1.29 is 80.2 Å². The van der Waals surface area contributed by atoms with E-state index < -0.39 is 97.5 Å². The molecule has 0 saturated heterocycles. The van der Waals surface area contributed by atoms with E-state index in [4.69, 9.17) is 37.0 Å². The Kier molecular flexibility index (Phi) is 75.6. The van der Waals surface area contributed by atoms with Gasteiger partial charge in [-0.2, -0.15) is 0 Å². The van der Waals surface area contributed by atoms with E-state index in [-0.39, 0.29) is 25.7 Å². The smallest absolute Gasteiger partial charge is 0.462 e. The van der Waals surface area contributed by atoms with Crippen molar-refractivity contribution in [1.29, 1.82) is 0 Å². The number of aliphatic hydroxyl groups excluding tert-OH is 1. The lowest BCUT2D eigenvalue weighted by molar-refractivity contribution is -0.161. The molecule has 0 heterocycles. The Bertz CT molecular complexity index is 2950. The van der Waals surface area contributed by atoms with Crippen LogP contribution >= 0.6 is 15.6 Å². The monoisotopic (exact) mass is 1570 g/mol. The van der Waals surface area contributed by atoms with Crippen LogP contribution in [0.2, 0.25) is 0 Å². The van der Waals surface area contributed by atoms with Gasteiger partial charge < -0.3 is 33.8 Å². The molecule has 0 aliphatic carbocycles. The number of rotatable bonds is 74. The zero-order valence-electron chi connectivity index (χ0n) is 67.6. The van der Waals surface area contributed by atoms with Gasteiger partial charge in [0.15, 0.2) is 12.2 Å². The van der Waals surface area contributed by atoms with Crippen LogP contribution in [0.15, 0.2) is 219 Å². The summed E-state index contributed by atoms with van der Waals surface area (Å²) in [4.78, 5) is 73.1. The highest BCUT2D eigenvalue weighted by Gasteiger charge is 2.30. The SMILES string of the molecule is CC/C=C\C/C=C\C/C=C\C/C=C\C/C=C\C/C=C\CCC(=O)OCC(COP(=O)(O)OCC(O)COP(=O)(O)OCC(COC(=O)CCCCCCCC/C=C\C/C=C\C/C=C\C/C=C\CC)OC(=O)C/C=C\C/C=C\C/C=C\C/C=C\C/C=C\CC)OC(=O)CCCCCCCCC/C=C\C/C=C\C/C=C\CC. The molecule has 0 bridgehead atoms. The van der Waals surface area contributed by atoms with E-state index in [1.807, 2.05) is 30.4 Å². The molecular formula is C91H142O17P2. The number of phosphoric ester groups is 2. The lowest BCUT2D eigenvalue weighted by atomic mass is 10.1. The summed E-state index contributed by atoms with van der Waals surface area (Å²) in [5.74, 6) is -2.47. The number of esters is 4. The molecule has 0 aliphatic heterocycles. The molecule has 0 aromatic rings. The molecule has 0 rings (SSSR count). The number of phosphoric acid groups is 2. The highest BCUT2D eigenvalue weighted by atomic mass is 31.2. The number of allylic oxidation sites excluding steroid dienone is 35. The number of ether oxygens (including phenoxy) is 4. The van der Waals surface area contributed by atoms with Crippen LogP contribution in [0.4, 0.5) is 0 Å². The summed E-state index contributed by atoms with van der Waals surface area (Å²) >= 11 is 0. The van der Waals surface area contributed by atoms with E-state index in [1.54, 1.807) is 12.2 Å². The second-order valence-corrected chi connectivity index (χ2v) is 29.1. The Morgan fingerprint density at radius 1 is 0.264 bits per heavy atom. The van der Waals surface area contributed by atoms with Gasteiger partial charge in [0.1, 0.15) is 19.3 Å². The number of carbonyl (C=O) groups excluding carboxylic acids is 4. The average molecular weight is 1570 g/mol. The number of carbonyl (C=O) groups is 4. The number of hydrogen-bond acceptors (Lipinski definition) is 15. The van der Waals surface area contributed by atoms with Crippen LogP contribution in [0.3, 0.4) is 0 Å². The van der Waals surface area contributed by atoms with Crippen LogP contribution in [0, 0.1) is 0 Å². The second-order valence-electron chi connectivity index (χ2n) is 26.2. The Morgan fingerprint density at radius 2 is 0.500 bits per heavy atom. The van der Waals surface area contributed by atoms with Gasteiger partial charge in [-0.25, -0.2) is 9.13 Å². The predicted molar refractivity (Wildman–Crippen MR) is 454 cm³/mol. The predicted octanol–water partition coefficient (Wildman–Crippen LogP) is 24.4. The first kappa shape index (κ1) is 103. The third-order valence-corrected chi connectivity index (χ3v) is 17.9. The van der Waals surface area contributed by atoms with Crippen LogP contribution < -0.4 is 0 Å². The lowest BCUT2D eigenvalue weighted by Crippen LogP contribution is -2.30. The van der Waals surface area contributed by atoms with Gasteiger partial charge in [0, 0.05) is 19.3 Å². The van der Waals surface area contributed by atoms with Gasteiger partial charge in [0.05, 0.1) is 32.8 Å². The van der Waals surface area contributed by atoms with Gasteiger partial charge in [-0.05, 0) is 161 Å². The topological polar surface area (TPSA) is 237 Å². The quantitative estimate of drug-likeness (QED) is 0.0169. The highest BCUT2D eigenvalue weighted by molar-refractivity contribution is 7.47. The van der Waals surface area contributed by atoms with E-state index in [0.29, 0.717) is 32.1 Å². The molecule has 19 heteroatoms. The fourth-order valence-corrected chi connectivity index (χ4v) is 11.5. The molecule has 0 aromatic carbocycles. The summed E-state index contributed by atoms with van der Waals surface area (Å²) in [5, 5.41) is 10.7. The van der Waals surface area contributed by atoms with Crippen LogP contribution in [0.25, 0.3) is 0 Å². The van der Waals surface area contributed by atoms with Gasteiger partial charge in [0.2, 0.25) is 0 Å². The third kappa shape index (κ3) is 79.5. The maximum Gasteiger partial charge on any atom is 0.472 e. The molecule has 110 heavy (non-hydrogen) atoms. The Labute approximate surface area is 664 Å². The molecule has 0 radical (unpaired) electrons. The first-order chi connectivity index (χ1) is 53.7. The molecular weight excluding hydrogens is 1430 g/mol. The third-order valence-electron chi connectivity index (χ3n) is 16.0. The van der Waals surface area contributed by atoms with Crippen molar-refractivity contribution in [1.82, 2.24) is 0 Å². The van der Waals surface area contributed by atoms with Crippen molar-refractivity contribution in [2.24, 2.45) is 0 Å². The van der Waals surface area contributed by atoms with Crippen molar-refractivity contribution in [2.75, 3.05) is 39.6 Å². The van der Waals surface area contributed by atoms with Crippen molar-refractivity contribution in [3.8, 4) is 0 Å². The van der Waals surface area contributed by atoms with E-state index >= 15 is 0 Å². The average Bonchev–Trinajstić information content (AvgIpc) is 0.906. The molecule has 3 N–H and O–H groups in total. The zero-order valence-corrected chi connectivity index (χ0v) is 69.4. The summed E-state index contributed by atoms with van der Waals surface area (Å²) in [7, 11) is -10.0. The fourth-order valence-electron chi connectivity index (χ4n) is 9.91. The lowest BCUT2D eigenvalue weighted by Gasteiger charge is -2.21. The first-order valence-corrected chi connectivity index (χ1v) is 44.0. The minimum atomic E-state index is -5.03. The van der Waals surface area contributed by atoms with Crippen LogP contribution in [0.1, 0.15) is 272 Å². The molecule has 5 atom stereocenters. The van der Waals surface area contributed by atoms with Gasteiger partial charge in [-0.15, -0.1) is 0 Å². The van der Waals surface area contributed by atoms with Gasteiger partial charge in [0.25, 0.3) is 0 Å². The van der Waals surface area contributed by atoms with Crippen molar-refractivity contribution in [3.05, 3.63) is 219 Å². The molecule has 0 saturated carbocycles. The molecule has 0 aromatic heterocycles. The Hall–Kier alpha value is -6.62. The maximum absolute atomic E-state index is 13.1. The van der Waals surface area contributed by atoms with Crippen LogP contribution in [-0.4, -0.2) is 96.7 Å². The minimum absolute atomic E-state index is 0.0226. The molecule has 0 spiro atoms. The standard InChI is InChI=1S/C91H142O17P2/c1-5-9-13-17-21-25-29-33-37-40-42-45-48-51-55-59-63-67-71-75-88(93)101-81-86(107-90(95)77-73-69-65-61-57-53-47-36-32-28-24-20-16-12-8-4)83-105-109(97,98)103-79-85(92)80-104-110(99,100)106-84-87(108-91(96)78-74-70-66-62-58-54-50-44-39-35-31-27-23-19-15-11-7-3)82-102-89(94)76-72-68-64-60-56-52-49-46-43-41-38-34-30-26-22-18-14-10-6-2/h9-16,21-28,33-39,42-43,45-47,52,56-57,61,64,68-69,73,85-87,92H,5-8,17-20,29-32,40-41,44,48-51,53-55,58-60,62-63,65-67,70-72,74-84H2,1-4H3,(H,97,98)(H,99,100)/b13-9-,14-10-,15-11-,16-12-,25-21-,26-22-,27-23-,28-24-,37-33-,38-34-,39-35-,45-42-,46-43-,47-36-,56-52-,61-57-,68-64-,73-69-. The largest absolute Gasteiger partial charge is 0.472 e. The normalized spacial score (nSPS) is 14.9. The van der Waals surface area contributed by atoms with E-state index in [9.17, 15) is 43.2 Å². The molecule has 0 amide bonds. The van der Waals surface area contributed by atoms with Crippen molar-refractivity contribution >= 4 is 39.5 Å². The Balaban J connectivity index is 5.54. The summed E-state index contributed by atoms with van der Waals surface area (Å²) < 4.78 is 68.5. The molecule has 17 nitrogen and oxygen atoms in total. The molecule has 0 aliphatic rings. The first-order valence-electron chi connectivity index (χ1n) is 41.0. The highest BCUT2D eigenvalue weighted by Crippen LogP contribution is 2.45. The number of unbranched alkanes of at least 4 members (excludes halogenated alkanes) is 13. The maximum atomic E-state index is 13.1. The van der Waals surface area contributed by atoms with E-state index in [0.717, 1.165) is 186 Å². The summed E-state index contributed by atoms with van der Waals surface area (Å²) in [5.41, 5.74) is 0. The summed E-state index contributed by atoms with van der Waals surface area (Å²) in [6, 6.07) is 0. The zero-order chi connectivity index (χ0) is 80.3. The van der Waals surface area contributed by atoms with Gasteiger partial charge in [-0.3, -0.25) is 37.3 Å². The van der Waals surface area contributed by atoms with E-state index in [1.165, 1.54) is 0 Å². The fraction of sp³-hybridized carbons (Fsp3) is 0.560. The van der Waals surface area contributed by atoms with Gasteiger partial charge in [-0.1, -0.05) is 304 Å². The summed E-state index contributed by atoms with van der Waals surface area (Å²) in [6.45, 7) is 4.17. The molecule has 5 unspecified atom stereocenters. The number of aliphatic hydroxyl groups is 1. The minimum Gasteiger partial charge on any atom is -0.462 e. The summed E-state index contributed by atoms with van der Waals surface area (Å²) in [6.07, 6.45) is 102. The van der Waals surface area contributed by atoms with Crippen molar-refractivity contribution in [3.63, 3.8) is 0 Å². The van der Waals surface area contributed by atoms with Crippen LogP contribution in [-0.2, 0) is 65.4 Å². The van der Waals surface area contributed by atoms with Crippen molar-refractivity contribution in [2.45, 2.75) is 290 Å². The second kappa shape index (κ2) is 80.4. The van der Waals surface area contributed by atoms with Crippen LogP contribution in [0.5, 0.6) is 0 Å². The number of hydrogen-bond donors (Lipinski definition) is 3. The molecule has 0 fully saturated rings. The van der Waals surface area contributed by atoms with E-state index in [2.05, 4.69) is 204 Å².